The van der Waals surface area contributed by atoms with E-state index >= 15 is 0 Å². The second-order valence-electron chi connectivity index (χ2n) is 6.15. The van der Waals surface area contributed by atoms with E-state index in [1.165, 1.54) is 23.9 Å². The van der Waals surface area contributed by atoms with Crippen LogP contribution in [0.5, 0.6) is 0 Å². The lowest BCUT2D eigenvalue weighted by Crippen LogP contribution is -2.35. The van der Waals surface area contributed by atoms with Gasteiger partial charge in [0, 0.05) is 42.1 Å². The highest BCUT2D eigenvalue weighted by Gasteiger charge is 2.35. The molecule has 3 heterocycles. The molecule has 8 heteroatoms. The van der Waals surface area contributed by atoms with E-state index in [1.54, 1.807) is 0 Å². The van der Waals surface area contributed by atoms with Crippen LogP contribution in [0.4, 0.5) is 0 Å². The van der Waals surface area contributed by atoms with Crippen LogP contribution in [0.15, 0.2) is 95.7 Å². The van der Waals surface area contributed by atoms with Crippen LogP contribution >= 0.6 is 35.5 Å². The van der Waals surface area contributed by atoms with Crippen LogP contribution in [0, 0.1) is 0 Å². The van der Waals surface area contributed by atoms with Gasteiger partial charge >= 0.3 is 0 Å². The van der Waals surface area contributed by atoms with Gasteiger partial charge in [0.05, 0.1) is 14.8 Å². The Hall–Kier alpha value is -2.48. The molecular weight excluding hydrogens is 410 g/mol. The van der Waals surface area contributed by atoms with Crippen molar-refractivity contribution in [3.05, 3.63) is 92.5 Å². The van der Waals surface area contributed by atoms with Crippen molar-refractivity contribution < 1.29 is 0 Å². The molecule has 5 nitrogen and oxygen atoms in total. The van der Waals surface area contributed by atoms with Crippen LogP contribution in [0.3, 0.4) is 0 Å². The fraction of sp³-hybridized carbons (Fsp3) is 0.0500. The summed E-state index contributed by atoms with van der Waals surface area (Å²) in [6.07, 6.45) is 0. The maximum Gasteiger partial charge on any atom is 0.169 e. The lowest BCUT2D eigenvalue weighted by Gasteiger charge is -2.33. The highest BCUT2D eigenvalue weighted by Crippen LogP contribution is 2.45. The van der Waals surface area contributed by atoms with Crippen molar-refractivity contribution >= 4 is 53.0 Å². The first kappa shape index (κ1) is 17.6. The first-order chi connectivity index (χ1) is 13.7. The van der Waals surface area contributed by atoms with Crippen molar-refractivity contribution in [3.8, 4) is 0 Å². The maximum absolute atomic E-state index is 6.69. The highest BCUT2D eigenvalue weighted by molar-refractivity contribution is 8.04. The van der Waals surface area contributed by atoms with E-state index in [2.05, 4.69) is 9.12 Å². The Bertz CT molecular complexity index is 1100. The zero-order valence-electron chi connectivity index (χ0n) is 14.7. The normalized spacial score (nSPS) is 18.6. The van der Waals surface area contributed by atoms with Crippen molar-refractivity contribution in [2.24, 2.45) is 14.4 Å². The average Bonchev–Trinajstić information content (AvgIpc) is 2.78. The number of fused-ring (bicyclic) bond motifs is 1. The molecule has 3 aliphatic heterocycles. The van der Waals surface area contributed by atoms with Crippen LogP contribution in [-0.2, 0) is 0 Å². The predicted octanol–water partition coefficient (Wildman–Crippen LogP) is 4.77. The molecule has 0 atom stereocenters. The quantitative estimate of drug-likeness (QED) is 0.655. The summed E-state index contributed by atoms with van der Waals surface area (Å²) in [5.74, 6) is 2.85. The molecule has 0 unspecified atom stereocenters. The molecular formula is C20H13ClN5S2. The van der Waals surface area contributed by atoms with E-state index in [0.29, 0.717) is 16.7 Å². The van der Waals surface area contributed by atoms with Gasteiger partial charge in [-0.1, -0.05) is 72.3 Å². The second-order valence-corrected chi connectivity index (χ2v) is 8.07. The number of hydrogen-bond donors (Lipinski definition) is 0. The van der Waals surface area contributed by atoms with Crippen LogP contribution in [0.1, 0.15) is 11.1 Å². The smallest absolute Gasteiger partial charge is 0.169 e. The lowest BCUT2D eigenvalue weighted by molar-refractivity contribution is 0.612. The minimum atomic E-state index is 0.595. The van der Waals surface area contributed by atoms with Gasteiger partial charge in [0.25, 0.3) is 0 Å². The molecule has 2 aromatic rings. The topological polar surface area (TPSA) is 54.4 Å². The molecule has 0 aliphatic carbocycles. The molecule has 0 fully saturated rings. The number of rotatable bonds is 2. The summed E-state index contributed by atoms with van der Waals surface area (Å²) in [4.78, 5) is 13.2. The molecule has 28 heavy (non-hydrogen) atoms. The molecule has 2 aromatic carbocycles. The van der Waals surface area contributed by atoms with Crippen LogP contribution < -0.4 is 4.72 Å². The largest absolute Gasteiger partial charge is 0.312 e. The van der Waals surface area contributed by atoms with Gasteiger partial charge in [-0.2, -0.15) is 9.12 Å². The number of halogens is 1. The Morgan fingerprint density at radius 3 is 2.11 bits per heavy atom. The molecule has 0 saturated carbocycles. The van der Waals surface area contributed by atoms with Crippen molar-refractivity contribution in [1.82, 2.24) is 9.62 Å². The molecule has 0 N–H and O–H groups in total. The zero-order chi connectivity index (χ0) is 19.1. The molecule has 5 rings (SSSR count). The van der Waals surface area contributed by atoms with Crippen molar-refractivity contribution in [1.29, 1.82) is 0 Å². The van der Waals surface area contributed by atoms with Gasteiger partial charge < -0.3 is 4.90 Å². The van der Waals surface area contributed by atoms with Crippen LogP contribution in [0.25, 0.3) is 0 Å². The van der Waals surface area contributed by atoms with Crippen molar-refractivity contribution in [3.63, 3.8) is 0 Å². The van der Waals surface area contributed by atoms with Gasteiger partial charge in [-0.05, 0) is 0 Å². The highest BCUT2D eigenvalue weighted by atomic mass is 35.5. The molecule has 1 radical (unpaired) electrons. The second kappa shape index (κ2) is 7.16. The fourth-order valence-electron chi connectivity index (χ4n) is 2.95. The lowest BCUT2D eigenvalue weighted by atomic mass is 10.2. The molecule has 3 aliphatic rings. The van der Waals surface area contributed by atoms with Gasteiger partial charge in [-0.3, -0.25) is 0 Å². The summed E-state index contributed by atoms with van der Waals surface area (Å²) < 4.78 is 9.10. The minimum Gasteiger partial charge on any atom is -0.312 e. The number of amidine groups is 3. The third kappa shape index (κ3) is 2.96. The van der Waals surface area contributed by atoms with E-state index in [0.717, 1.165) is 32.6 Å². The number of nitrogens with zero attached hydrogens (tertiary/aromatic N) is 5. The summed E-state index contributed by atoms with van der Waals surface area (Å²) in [7, 11) is 1.95. The van der Waals surface area contributed by atoms with Crippen LogP contribution in [0.2, 0.25) is 0 Å². The third-order valence-electron chi connectivity index (χ3n) is 4.37. The van der Waals surface area contributed by atoms with E-state index in [-0.39, 0.29) is 0 Å². The van der Waals surface area contributed by atoms with Gasteiger partial charge in [0.1, 0.15) is 0 Å². The molecule has 0 spiro atoms. The van der Waals surface area contributed by atoms with E-state index in [1.807, 2.05) is 72.6 Å². The van der Waals surface area contributed by atoms with E-state index < -0.39 is 0 Å². The molecule has 0 saturated heterocycles. The maximum atomic E-state index is 6.69. The summed E-state index contributed by atoms with van der Waals surface area (Å²) in [6.45, 7) is 0. The molecule has 0 bridgehead atoms. The average molecular weight is 423 g/mol. The van der Waals surface area contributed by atoms with Gasteiger partial charge in [-0.25, -0.2) is 9.98 Å². The minimum absolute atomic E-state index is 0.595. The Kier molecular flexibility index (Phi) is 4.50. The van der Waals surface area contributed by atoms with E-state index in [4.69, 9.17) is 21.6 Å². The predicted molar refractivity (Wildman–Crippen MR) is 118 cm³/mol. The Balaban J connectivity index is 1.57. The SMILES string of the molecule is CN1C2=NC(c3ccccc3)=NSC2=C(Cl)C2=C1N=C(c1ccccc1)[N]S2. The monoisotopic (exact) mass is 422 g/mol. The fourth-order valence-corrected chi connectivity index (χ4v) is 4.93. The first-order valence-electron chi connectivity index (χ1n) is 8.52. The standard InChI is InChI=1S/C20H13ClN5S2/c1-26-19-15(27-24-17(22-19)12-8-4-2-5-9-12)14(21)16-20(26)23-18(25-28-16)13-10-6-3-7-11-13/h2-11H,1H3. The van der Waals surface area contributed by atoms with Crippen molar-refractivity contribution in [2.45, 2.75) is 0 Å². The number of aliphatic imine (C=N–C) groups is 2. The number of hydrogen-bond acceptors (Lipinski definition) is 6. The first-order valence-corrected chi connectivity index (χ1v) is 10.4. The van der Waals surface area contributed by atoms with Crippen LogP contribution in [-0.4, -0.2) is 29.5 Å². The van der Waals surface area contributed by atoms with Gasteiger partial charge in [0.2, 0.25) is 0 Å². The molecule has 0 aromatic heterocycles. The Labute approximate surface area is 176 Å². The summed E-state index contributed by atoms with van der Waals surface area (Å²) >= 11 is 9.37. The number of allylic oxidation sites excluding steroid dienone is 1. The summed E-state index contributed by atoms with van der Waals surface area (Å²) in [5, 5.41) is 0.595. The zero-order valence-corrected chi connectivity index (χ0v) is 17.1. The molecule has 0 amide bonds. The Morgan fingerprint density at radius 2 is 1.43 bits per heavy atom. The van der Waals surface area contributed by atoms with E-state index in [9.17, 15) is 0 Å². The number of likely N-dealkylation sites (N-methyl/N-ethyl adjacent to an activating group) is 1. The van der Waals surface area contributed by atoms with Crippen molar-refractivity contribution in [2.75, 3.05) is 7.05 Å². The summed E-state index contributed by atoms with van der Waals surface area (Å²) in [5.41, 5.74) is 1.93. The van der Waals surface area contributed by atoms with Gasteiger partial charge in [-0.15, -0.1) is 0 Å². The molecule has 137 valence electrons. The van der Waals surface area contributed by atoms with Gasteiger partial charge in [0.15, 0.2) is 23.3 Å². The Morgan fingerprint density at radius 1 is 0.786 bits per heavy atom. The third-order valence-corrected chi connectivity index (χ3v) is 6.64. The summed E-state index contributed by atoms with van der Waals surface area (Å²) in [6, 6.07) is 19.8. The number of benzene rings is 2.